The lowest BCUT2D eigenvalue weighted by atomic mass is 10.2. The smallest absolute Gasteiger partial charge is 0.255 e. The first-order chi connectivity index (χ1) is 15.1. The molecule has 1 atom stereocenters. The Balaban J connectivity index is 1.53. The molecule has 0 spiro atoms. The van der Waals surface area contributed by atoms with Gasteiger partial charge in [-0.25, -0.2) is 21.6 Å². The van der Waals surface area contributed by atoms with Gasteiger partial charge in [0.15, 0.2) is 9.84 Å². The maximum absolute atomic E-state index is 12.9. The van der Waals surface area contributed by atoms with E-state index in [-0.39, 0.29) is 34.3 Å². The number of sulfone groups is 1. The highest BCUT2D eigenvalue weighted by molar-refractivity contribution is 7.92. The van der Waals surface area contributed by atoms with Crippen molar-refractivity contribution in [2.75, 3.05) is 28.3 Å². The molecule has 0 bridgehead atoms. The molecule has 11 heteroatoms. The van der Waals surface area contributed by atoms with E-state index >= 15 is 0 Å². The summed E-state index contributed by atoms with van der Waals surface area (Å²) in [6, 6.07) is 11.8. The Hall–Kier alpha value is -2.76. The third-order valence-electron chi connectivity index (χ3n) is 5.48. The van der Waals surface area contributed by atoms with Gasteiger partial charge in [0.1, 0.15) is 0 Å². The molecule has 2 aliphatic rings. The third-order valence-corrected chi connectivity index (χ3v) is 8.76. The number of sulfonamides is 1. The highest BCUT2D eigenvalue weighted by Crippen LogP contribution is 2.30. The summed E-state index contributed by atoms with van der Waals surface area (Å²) >= 11 is 0. The Morgan fingerprint density at radius 1 is 1.09 bits per heavy atom. The maximum Gasteiger partial charge on any atom is 0.255 e. The highest BCUT2D eigenvalue weighted by atomic mass is 32.2. The number of hydrogen-bond donors (Lipinski definition) is 2. The molecule has 2 aliphatic heterocycles. The number of carbonyl (C=O) groups excluding carboxylic acids is 2. The number of nitrogens with zero attached hydrogens (tertiary/aromatic N) is 1. The van der Waals surface area contributed by atoms with Crippen LogP contribution in [0.25, 0.3) is 0 Å². The maximum atomic E-state index is 12.9. The number of benzene rings is 2. The molecule has 0 unspecified atom stereocenters. The fourth-order valence-corrected chi connectivity index (χ4v) is 6.99. The predicted molar refractivity (Wildman–Crippen MR) is 120 cm³/mol. The Bertz CT molecular complexity index is 1270. The van der Waals surface area contributed by atoms with Crippen LogP contribution in [0.2, 0.25) is 0 Å². The van der Waals surface area contributed by atoms with Gasteiger partial charge in [-0.15, -0.1) is 0 Å². The van der Waals surface area contributed by atoms with Crippen molar-refractivity contribution in [1.82, 2.24) is 4.72 Å². The molecule has 2 aromatic rings. The Morgan fingerprint density at radius 3 is 2.56 bits per heavy atom. The number of para-hydroxylation sites is 2. The summed E-state index contributed by atoms with van der Waals surface area (Å²) in [6.07, 6.45) is 1.42. The number of anilines is 2. The van der Waals surface area contributed by atoms with E-state index in [1.165, 1.54) is 24.3 Å². The summed E-state index contributed by atoms with van der Waals surface area (Å²) in [5, 5.41) is 2.76. The van der Waals surface area contributed by atoms with Gasteiger partial charge < -0.3 is 10.2 Å². The first kappa shape index (κ1) is 22.4. The molecule has 0 aromatic heterocycles. The zero-order valence-electron chi connectivity index (χ0n) is 17.2. The average Bonchev–Trinajstić information content (AvgIpc) is 3.32. The molecule has 0 aliphatic carbocycles. The van der Waals surface area contributed by atoms with E-state index in [1.807, 2.05) is 0 Å². The minimum atomic E-state index is -4.00. The molecule has 4 rings (SSSR count). The largest absolute Gasteiger partial charge is 0.320 e. The second-order valence-corrected chi connectivity index (χ2v) is 11.8. The van der Waals surface area contributed by atoms with Crippen LogP contribution < -0.4 is 14.9 Å². The lowest BCUT2D eigenvalue weighted by Crippen LogP contribution is -2.35. The average molecular weight is 478 g/mol. The van der Waals surface area contributed by atoms with E-state index in [1.54, 1.807) is 29.2 Å². The van der Waals surface area contributed by atoms with Gasteiger partial charge in [0.2, 0.25) is 15.9 Å². The van der Waals surface area contributed by atoms with Crippen molar-refractivity contribution >= 4 is 43.0 Å². The first-order valence-electron chi connectivity index (χ1n) is 10.2. The van der Waals surface area contributed by atoms with Crippen LogP contribution in [0.4, 0.5) is 11.4 Å². The number of hydrogen-bond acceptors (Lipinski definition) is 6. The number of amides is 2. The molecule has 0 saturated carbocycles. The summed E-state index contributed by atoms with van der Waals surface area (Å²) in [5.74, 6) is -0.829. The van der Waals surface area contributed by atoms with Crippen molar-refractivity contribution in [2.24, 2.45) is 0 Å². The minimum absolute atomic E-state index is 0.0141. The summed E-state index contributed by atoms with van der Waals surface area (Å²) in [5.41, 5.74) is 1.17. The molecular weight excluding hydrogens is 454 g/mol. The van der Waals surface area contributed by atoms with Crippen molar-refractivity contribution in [3.8, 4) is 0 Å². The normalized spacial score (nSPS) is 20.4. The van der Waals surface area contributed by atoms with E-state index in [4.69, 9.17) is 0 Å². The van der Waals surface area contributed by atoms with Gasteiger partial charge in [0.05, 0.1) is 27.8 Å². The molecule has 9 nitrogen and oxygen atoms in total. The molecule has 2 saturated heterocycles. The molecule has 2 aromatic carbocycles. The zero-order chi connectivity index (χ0) is 22.9. The van der Waals surface area contributed by atoms with Crippen molar-refractivity contribution < 1.29 is 26.4 Å². The van der Waals surface area contributed by atoms with E-state index in [0.717, 1.165) is 6.42 Å². The molecule has 2 fully saturated rings. The lowest BCUT2D eigenvalue weighted by Gasteiger charge is -2.20. The van der Waals surface area contributed by atoms with Gasteiger partial charge in [0.25, 0.3) is 5.91 Å². The quantitative estimate of drug-likeness (QED) is 0.649. The van der Waals surface area contributed by atoms with Gasteiger partial charge in [0, 0.05) is 24.6 Å². The van der Waals surface area contributed by atoms with Crippen molar-refractivity contribution in [1.29, 1.82) is 0 Å². The monoisotopic (exact) mass is 477 g/mol. The number of carbonyl (C=O) groups is 2. The van der Waals surface area contributed by atoms with Gasteiger partial charge >= 0.3 is 0 Å². The molecule has 170 valence electrons. The van der Waals surface area contributed by atoms with Crippen LogP contribution in [0, 0.1) is 0 Å². The van der Waals surface area contributed by atoms with Gasteiger partial charge in [-0.05, 0) is 43.2 Å². The van der Waals surface area contributed by atoms with Crippen LogP contribution in [0.1, 0.15) is 29.6 Å². The van der Waals surface area contributed by atoms with Gasteiger partial charge in [-0.3, -0.25) is 9.59 Å². The van der Waals surface area contributed by atoms with Crippen LogP contribution in [0.15, 0.2) is 53.4 Å². The van der Waals surface area contributed by atoms with Gasteiger partial charge in [-0.1, -0.05) is 18.2 Å². The topological polar surface area (TPSA) is 130 Å². The van der Waals surface area contributed by atoms with E-state index in [9.17, 15) is 26.4 Å². The zero-order valence-corrected chi connectivity index (χ0v) is 18.8. The lowest BCUT2D eigenvalue weighted by molar-refractivity contribution is -0.117. The minimum Gasteiger partial charge on any atom is -0.320 e. The summed E-state index contributed by atoms with van der Waals surface area (Å²) in [4.78, 5) is 26.5. The van der Waals surface area contributed by atoms with Crippen molar-refractivity contribution in [3.63, 3.8) is 0 Å². The molecule has 2 N–H and O–H groups in total. The van der Waals surface area contributed by atoms with Crippen LogP contribution in [0.5, 0.6) is 0 Å². The standard InChI is InChI=1S/C21H23N3O6S2/c25-20-9-4-11-24(20)19-8-2-1-7-18(19)22-21(26)15-5-3-6-17(13-15)32(29,30)23-16-10-12-31(27,28)14-16/h1-3,5-8,13,16,23H,4,9-12,14H2,(H,22,26)/t16-/m0/s1. The SMILES string of the molecule is O=C(Nc1ccccc1N1CCCC1=O)c1cccc(S(=O)(=O)N[C@H]2CCS(=O)(=O)C2)c1. The third kappa shape index (κ3) is 4.84. The Labute approximate surface area is 186 Å². The van der Waals surface area contributed by atoms with Crippen LogP contribution in [-0.2, 0) is 24.7 Å². The van der Waals surface area contributed by atoms with Crippen molar-refractivity contribution in [2.45, 2.75) is 30.2 Å². The fraction of sp³-hybridized carbons (Fsp3) is 0.333. The number of nitrogens with one attached hydrogen (secondary N) is 2. The van der Waals surface area contributed by atoms with Crippen LogP contribution in [-0.4, -0.2) is 52.7 Å². The Kier molecular flexibility index (Phi) is 6.06. The van der Waals surface area contributed by atoms with E-state index < -0.39 is 31.8 Å². The molecule has 0 radical (unpaired) electrons. The summed E-state index contributed by atoms with van der Waals surface area (Å²) in [7, 11) is -7.24. The molecule has 32 heavy (non-hydrogen) atoms. The van der Waals surface area contributed by atoms with Gasteiger partial charge in [-0.2, -0.15) is 0 Å². The molecular formula is C21H23N3O6S2. The second kappa shape index (κ2) is 8.64. The van der Waals surface area contributed by atoms with E-state index in [0.29, 0.717) is 24.3 Å². The fourth-order valence-electron chi connectivity index (χ4n) is 3.89. The molecule has 2 amide bonds. The van der Waals surface area contributed by atoms with Crippen molar-refractivity contribution in [3.05, 3.63) is 54.1 Å². The molecule has 2 heterocycles. The van der Waals surface area contributed by atoms with E-state index in [2.05, 4.69) is 10.0 Å². The second-order valence-electron chi connectivity index (χ2n) is 7.87. The predicted octanol–water partition coefficient (Wildman–Crippen LogP) is 1.53. The number of rotatable bonds is 6. The summed E-state index contributed by atoms with van der Waals surface area (Å²) < 4.78 is 51.1. The van der Waals surface area contributed by atoms with Crippen LogP contribution in [0.3, 0.4) is 0 Å². The first-order valence-corrected chi connectivity index (χ1v) is 13.5. The van der Waals surface area contributed by atoms with Crippen LogP contribution >= 0.6 is 0 Å². The summed E-state index contributed by atoms with van der Waals surface area (Å²) in [6.45, 7) is 0.571. The Morgan fingerprint density at radius 2 is 1.88 bits per heavy atom. The highest BCUT2D eigenvalue weighted by Gasteiger charge is 2.31.